The van der Waals surface area contributed by atoms with E-state index in [2.05, 4.69) is 12.2 Å². The molecule has 2 unspecified atom stereocenters. The van der Waals surface area contributed by atoms with E-state index in [1.807, 2.05) is 17.0 Å². The van der Waals surface area contributed by atoms with Crippen LogP contribution in [0.5, 0.6) is 0 Å². The van der Waals surface area contributed by atoms with Crippen molar-refractivity contribution in [3.63, 3.8) is 0 Å². The van der Waals surface area contributed by atoms with E-state index < -0.39 is 0 Å². The first kappa shape index (κ1) is 21.8. The zero-order valence-corrected chi connectivity index (χ0v) is 17.4. The molecule has 1 aromatic rings. The molecule has 0 aromatic heterocycles. The van der Waals surface area contributed by atoms with E-state index in [9.17, 15) is 4.79 Å². The topological polar surface area (TPSA) is 41.6 Å². The fourth-order valence-electron chi connectivity index (χ4n) is 3.77. The van der Waals surface area contributed by atoms with Gasteiger partial charge in [-0.25, -0.2) is 0 Å². The van der Waals surface area contributed by atoms with Crippen LogP contribution in [0.15, 0.2) is 18.2 Å². The van der Waals surface area contributed by atoms with E-state index in [1.165, 1.54) is 12.8 Å². The number of halogens is 3. The second-order valence-electron chi connectivity index (χ2n) is 7.14. The smallest absolute Gasteiger partial charge is 0.223 e. The molecule has 2 fully saturated rings. The number of carbonyl (C=O) groups is 1. The Labute approximate surface area is 172 Å². The third-order valence-corrected chi connectivity index (χ3v) is 6.16. The number of piperidine rings is 1. The summed E-state index contributed by atoms with van der Waals surface area (Å²) >= 11 is 12.1. The summed E-state index contributed by atoms with van der Waals surface area (Å²) in [4.78, 5) is 14.7. The van der Waals surface area contributed by atoms with Crippen molar-refractivity contribution < 1.29 is 9.53 Å². The highest BCUT2D eigenvalue weighted by Gasteiger charge is 2.28. The summed E-state index contributed by atoms with van der Waals surface area (Å²) in [7, 11) is 0. The van der Waals surface area contributed by atoms with Crippen molar-refractivity contribution in [1.29, 1.82) is 0 Å². The van der Waals surface area contributed by atoms with Crippen molar-refractivity contribution in [3.05, 3.63) is 33.8 Å². The quantitative estimate of drug-likeness (QED) is 0.786. The zero-order valence-electron chi connectivity index (χ0n) is 15.0. The molecule has 26 heavy (non-hydrogen) atoms. The number of hydrogen-bond acceptors (Lipinski definition) is 3. The van der Waals surface area contributed by atoms with Gasteiger partial charge in [0.05, 0.1) is 23.2 Å². The van der Waals surface area contributed by atoms with Crippen molar-refractivity contribution >= 4 is 41.5 Å². The zero-order chi connectivity index (χ0) is 17.8. The summed E-state index contributed by atoms with van der Waals surface area (Å²) in [6.07, 6.45) is 2.83. The molecular formula is C19H27Cl3N2O2. The molecule has 0 saturated carbocycles. The average Bonchev–Trinajstić information content (AvgIpc) is 2.64. The van der Waals surface area contributed by atoms with E-state index in [0.29, 0.717) is 48.0 Å². The number of amides is 1. The number of nitrogens with zero attached hydrogens (tertiary/aromatic N) is 1. The molecule has 0 spiro atoms. The fourth-order valence-corrected chi connectivity index (χ4v) is 4.08. The molecular weight excluding hydrogens is 395 g/mol. The van der Waals surface area contributed by atoms with Gasteiger partial charge in [-0.2, -0.15) is 0 Å². The molecule has 3 rings (SSSR count). The highest BCUT2D eigenvalue weighted by Crippen LogP contribution is 2.30. The first-order chi connectivity index (χ1) is 12.0. The molecule has 0 radical (unpaired) electrons. The molecule has 4 nitrogen and oxygen atoms in total. The van der Waals surface area contributed by atoms with Gasteiger partial charge >= 0.3 is 0 Å². The number of rotatable bonds is 4. The van der Waals surface area contributed by atoms with Gasteiger partial charge in [-0.05, 0) is 55.5 Å². The standard InChI is InChI=1S/C19H26Cl2N2O2.ClH/c1-13(14-4-6-22-7-5-14)10-19(24)23-8-9-25-18(12-23)15-2-3-16(20)17(21)11-15;/h2-3,11,13-14,18,22H,4-10,12H2,1H3;1H. The molecule has 7 heteroatoms. The van der Waals surface area contributed by atoms with Gasteiger partial charge in [0.25, 0.3) is 0 Å². The van der Waals surface area contributed by atoms with E-state index in [4.69, 9.17) is 27.9 Å². The molecule has 1 amide bonds. The minimum atomic E-state index is -0.137. The van der Waals surface area contributed by atoms with E-state index in [1.54, 1.807) is 6.07 Å². The van der Waals surface area contributed by atoms with Crippen LogP contribution in [-0.4, -0.2) is 43.6 Å². The molecule has 146 valence electrons. The maximum Gasteiger partial charge on any atom is 0.223 e. The normalized spacial score (nSPS) is 22.6. The maximum absolute atomic E-state index is 12.8. The van der Waals surface area contributed by atoms with Gasteiger partial charge < -0.3 is 15.0 Å². The van der Waals surface area contributed by atoms with Gasteiger partial charge in [0.2, 0.25) is 5.91 Å². The van der Waals surface area contributed by atoms with E-state index in [0.717, 1.165) is 18.7 Å². The molecule has 0 aliphatic carbocycles. The van der Waals surface area contributed by atoms with Crippen LogP contribution >= 0.6 is 35.6 Å². The predicted molar refractivity (Wildman–Crippen MR) is 108 cm³/mol. The molecule has 0 bridgehead atoms. The lowest BCUT2D eigenvalue weighted by Crippen LogP contribution is -2.43. The number of benzene rings is 1. The van der Waals surface area contributed by atoms with Crippen LogP contribution in [0.2, 0.25) is 10.0 Å². The predicted octanol–water partition coefficient (Wildman–Crippen LogP) is 4.34. The van der Waals surface area contributed by atoms with Gasteiger partial charge in [0.1, 0.15) is 6.10 Å². The second kappa shape index (κ2) is 10.1. The highest BCUT2D eigenvalue weighted by atomic mass is 35.5. The number of carbonyl (C=O) groups excluding carboxylic acids is 1. The van der Waals surface area contributed by atoms with Crippen molar-refractivity contribution in [2.75, 3.05) is 32.8 Å². The molecule has 2 heterocycles. The van der Waals surface area contributed by atoms with Crippen molar-refractivity contribution in [3.8, 4) is 0 Å². The van der Waals surface area contributed by atoms with Gasteiger partial charge in [-0.3, -0.25) is 4.79 Å². The SMILES string of the molecule is CC(CC(=O)N1CCOC(c2ccc(Cl)c(Cl)c2)C1)C1CCNCC1.Cl. The lowest BCUT2D eigenvalue weighted by atomic mass is 9.84. The fraction of sp³-hybridized carbons (Fsp3) is 0.632. The summed E-state index contributed by atoms with van der Waals surface area (Å²) in [5.74, 6) is 1.32. The molecule has 2 aliphatic rings. The summed E-state index contributed by atoms with van der Waals surface area (Å²) in [5, 5.41) is 4.44. The number of hydrogen-bond donors (Lipinski definition) is 1. The Morgan fingerprint density at radius 2 is 2.04 bits per heavy atom. The van der Waals surface area contributed by atoms with Crippen LogP contribution in [0.1, 0.15) is 37.9 Å². The summed E-state index contributed by atoms with van der Waals surface area (Å²) in [6, 6.07) is 5.53. The third kappa shape index (κ3) is 5.49. The first-order valence-corrected chi connectivity index (χ1v) is 9.85. The lowest BCUT2D eigenvalue weighted by molar-refractivity contribution is -0.140. The van der Waals surface area contributed by atoms with Crippen LogP contribution in [0, 0.1) is 11.8 Å². The van der Waals surface area contributed by atoms with Crippen LogP contribution in [0.4, 0.5) is 0 Å². The summed E-state index contributed by atoms with van der Waals surface area (Å²) < 4.78 is 5.86. The average molecular weight is 422 g/mol. The van der Waals surface area contributed by atoms with Gasteiger partial charge in [-0.15, -0.1) is 12.4 Å². The van der Waals surface area contributed by atoms with Gasteiger partial charge in [-0.1, -0.05) is 36.2 Å². The molecule has 2 saturated heterocycles. The summed E-state index contributed by atoms with van der Waals surface area (Å²) in [5.41, 5.74) is 0.971. The number of nitrogens with one attached hydrogen (secondary N) is 1. The molecule has 1 aromatic carbocycles. The van der Waals surface area contributed by atoms with Crippen molar-refractivity contribution in [2.24, 2.45) is 11.8 Å². The number of morpholine rings is 1. The minimum Gasteiger partial charge on any atom is -0.370 e. The van der Waals surface area contributed by atoms with Gasteiger partial charge in [0, 0.05) is 13.0 Å². The molecule has 2 aliphatic heterocycles. The van der Waals surface area contributed by atoms with Crippen LogP contribution in [-0.2, 0) is 9.53 Å². The highest BCUT2D eigenvalue weighted by molar-refractivity contribution is 6.42. The van der Waals surface area contributed by atoms with Crippen LogP contribution in [0.25, 0.3) is 0 Å². The second-order valence-corrected chi connectivity index (χ2v) is 7.96. The van der Waals surface area contributed by atoms with Crippen molar-refractivity contribution in [2.45, 2.75) is 32.3 Å². The Morgan fingerprint density at radius 1 is 1.31 bits per heavy atom. The summed E-state index contributed by atoms with van der Waals surface area (Å²) in [6.45, 7) is 6.15. The van der Waals surface area contributed by atoms with Crippen LogP contribution < -0.4 is 5.32 Å². The first-order valence-electron chi connectivity index (χ1n) is 9.09. The Bertz CT molecular complexity index is 608. The third-order valence-electron chi connectivity index (χ3n) is 5.42. The van der Waals surface area contributed by atoms with Gasteiger partial charge in [0.15, 0.2) is 0 Å². The Hall–Kier alpha value is -0.520. The Balaban J connectivity index is 0.00000243. The Kier molecular flexibility index (Phi) is 8.49. The monoisotopic (exact) mass is 420 g/mol. The minimum absolute atomic E-state index is 0. The lowest BCUT2D eigenvalue weighted by Gasteiger charge is -2.35. The maximum atomic E-state index is 12.8. The Morgan fingerprint density at radius 3 is 2.73 bits per heavy atom. The van der Waals surface area contributed by atoms with Crippen molar-refractivity contribution in [1.82, 2.24) is 10.2 Å². The molecule has 2 atom stereocenters. The molecule has 1 N–H and O–H groups in total. The van der Waals surface area contributed by atoms with Crippen LogP contribution in [0.3, 0.4) is 0 Å². The van der Waals surface area contributed by atoms with E-state index in [-0.39, 0.29) is 24.4 Å². The largest absolute Gasteiger partial charge is 0.370 e. The van der Waals surface area contributed by atoms with E-state index >= 15 is 0 Å². The number of ether oxygens (including phenoxy) is 1.